The van der Waals surface area contributed by atoms with Crippen LogP contribution in [0.2, 0.25) is 0 Å². The molecule has 0 spiro atoms. The minimum atomic E-state index is 0.107. The molecular weight excluding hydrogens is 394 g/mol. The summed E-state index contributed by atoms with van der Waals surface area (Å²) in [5.41, 5.74) is 4.50. The number of rotatable bonds is 7. The lowest BCUT2D eigenvalue weighted by Gasteiger charge is -2.27. The Morgan fingerprint density at radius 3 is 2.63 bits per heavy atom. The van der Waals surface area contributed by atoms with Crippen LogP contribution in [0.3, 0.4) is 0 Å². The molecule has 4 rings (SSSR count). The molecule has 0 N–H and O–H groups in total. The fourth-order valence-electron chi connectivity index (χ4n) is 3.75. The second-order valence-corrected chi connectivity index (χ2v) is 8.93. The maximum Gasteiger partial charge on any atom is 0.233 e. The number of aromatic nitrogens is 1. The number of fused-ring (bicyclic) bond motifs is 1. The molecule has 5 nitrogen and oxygen atoms in total. The van der Waals surface area contributed by atoms with Crippen molar-refractivity contribution in [2.75, 3.05) is 44.3 Å². The van der Waals surface area contributed by atoms with E-state index in [0.29, 0.717) is 13.0 Å². The summed E-state index contributed by atoms with van der Waals surface area (Å²) in [6.07, 6.45) is 1.32. The second-order valence-electron chi connectivity index (χ2n) is 7.92. The third-order valence-corrected chi connectivity index (χ3v) is 6.72. The zero-order valence-corrected chi connectivity index (χ0v) is 18.6. The largest absolute Gasteiger partial charge is 0.379 e. The van der Waals surface area contributed by atoms with Crippen molar-refractivity contribution in [1.29, 1.82) is 0 Å². The lowest BCUT2D eigenvalue weighted by atomic mass is 10.1. The summed E-state index contributed by atoms with van der Waals surface area (Å²) in [6, 6.07) is 14.3. The van der Waals surface area contributed by atoms with E-state index < -0.39 is 0 Å². The molecule has 6 heteroatoms. The number of aryl methyl sites for hydroxylation is 2. The number of ether oxygens (including phenoxy) is 1. The Hall–Kier alpha value is -2.28. The minimum Gasteiger partial charge on any atom is -0.379 e. The van der Waals surface area contributed by atoms with E-state index in [4.69, 9.17) is 9.72 Å². The number of morpholine rings is 1. The number of carbonyl (C=O) groups excluding carboxylic acids is 1. The van der Waals surface area contributed by atoms with E-state index in [1.165, 1.54) is 11.1 Å². The Kier molecular flexibility index (Phi) is 6.77. The van der Waals surface area contributed by atoms with E-state index in [1.54, 1.807) is 11.3 Å². The molecule has 0 aliphatic carbocycles. The molecule has 1 saturated heterocycles. The van der Waals surface area contributed by atoms with Crippen molar-refractivity contribution in [3.63, 3.8) is 0 Å². The monoisotopic (exact) mass is 423 g/mol. The van der Waals surface area contributed by atoms with Crippen LogP contribution < -0.4 is 4.90 Å². The molecule has 1 amide bonds. The van der Waals surface area contributed by atoms with Gasteiger partial charge in [0.1, 0.15) is 0 Å². The molecule has 1 aromatic heterocycles. The Morgan fingerprint density at radius 2 is 1.87 bits per heavy atom. The lowest BCUT2D eigenvalue weighted by Crippen LogP contribution is -2.39. The van der Waals surface area contributed by atoms with E-state index in [0.717, 1.165) is 60.2 Å². The molecule has 158 valence electrons. The topological polar surface area (TPSA) is 45.7 Å². The Labute approximate surface area is 182 Å². The minimum absolute atomic E-state index is 0.107. The maximum absolute atomic E-state index is 13.3. The fourth-order valence-corrected chi connectivity index (χ4v) is 4.84. The molecule has 0 bridgehead atoms. The fraction of sp³-hybridized carbons (Fsp3) is 0.417. The van der Waals surface area contributed by atoms with Gasteiger partial charge in [0.25, 0.3) is 0 Å². The van der Waals surface area contributed by atoms with E-state index in [1.807, 2.05) is 35.2 Å². The smallest absolute Gasteiger partial charge is 0.233 e. The molecule has 1 fully saturated rings. The van der Waals surface area contributed by atoms with Crippen LogP contribution in [0.4, 0.5) is 5.13 Å². The SMILES string of the molecule is Cc1cc2nc(N(CCCN3CCOCC3)C(=O)Cc3ccccc3)sc2cc1C. The second kappa shape index (κ2) is 9.69. The van der Waals surface area contributed by atoms with Gasteiger partial charge in [-0.25, -0.2) is 4.98 Å². The van der Waals surface area contributed by atoms with Crippen molar-refractivity contribution >= 4 is 32.6 Å². The van der Waals surface area contributed by atoms with E-state index >= 15 is 0 Å². The highest BCUT2D eigenvalue weighted by molar-refractivity contribution is 7.22. The summed E-state index contributed by atoms with van der Waals surface area (Å²) in [7, 11) is 0. The zero-order chi connectivity index (χ0) is 20.9. The van der Waals surface area contributed by atoms with E-state index in [2.05, 4.69) is 30.9 Å². The van der Waals surface area contributed by atoms with Gasteiger partial charge in [0.15, 0.2) is 5.13 Å². The summed E-state index contributed by atoms with van der Waals surface area (Å²) < 4.78 is 6.58. The summed E-state index contributed by atoms with van der Waals surface area (Å²) in [6.45, 7) is 9.42. The maximum atomic E-state index is 13.3. The number of carbonyl (C=O) groups is 1. The van der Waals surface area contributed by atoms with Gasteiger partial charge in [-0.05, 0) is 49.1 Å². The van der Waals surface area contributed by atoms with Gasteiger partial charge < -0.3 is 4.74 Å². The van der Waals surface area contributed by atoms with Gasteiger partial charge in [-0.2, -0.15) is 0 Å². The average molecular weight is 424 g/mol. The zero-order valence-electron chi connectivity index (χ0n) is 17.8. The molecule has 0 radical (unpaired) electrons. The first-order valence-corrected chi connectivity index (χ1v) is 11.4. The highest BCUT2D eigenvalue weighted by Gasteiger charge is 2.21. The number of amides is 1. The summed E-state index contributed by atoms with van der Waals surface area (Å²) in [4.78, 5) is 22.4. The molecule has 2 aromatic carbocycles. The summed E-state index contributed by atoms with van der Waals surface area (Å²) in [5, 5.41) is 0.804. The molecule has 0 saturated carbocycles. The van der Waals surface area contributed by atoms with Crippen LogP contribution in [-0.2, 0) is 16.0 Å². The van der Waals surface area contributed by atoms with Gasteiger partial charge >= 0.3 is 0 Å². The van der Waals surface area contributed by atoms with Crippen molar-refractivity contribution in [3.8, 4) is 0 Å². The molecular formula is C24H29N3O2S. The van der Waals surface area contributed by atoms with Crippen LogP contribution in [0.25, 0.3) is 10.2 Å². The van der Waals surface area contributed by atoms with Crippen LogP contribution in [0.5, 0.6) is 0 Å². The number of nitrogens with zero attached hydrogens (tertiary/aromatic N) is 3. The van der Waals surface area contributed by atoms with Crippen LogP contribution in [0, 0.1) is 13.8 Å². The first-order valence-electron chi connectivity index (χ1n) is 10.6. The van der Waals surface area contributed by atoms with Crippen molar-refractivity contribution in [1.82, 2.24) is 9.88 Å². The Bertz CT molecular complexity index is 957. The van der Waals surface area contributed by atoms with Gasteiger partial charge in [-0.15, -0.1) is 0 Å². The predicted molar refractivity (Wildman–Crippen MR) is 123 cm³/mol. The molecule has 0 unspecified atom stereocenters. The van der Waals surface area contributed by atoms with E-state index in [-0.39, 0.29) is 5.91 Å². The number of thiazole rings is 1. The molecule has 2 heterocycles. The van der Waals surface area contributed by atoms with Crippen molar-refractivity contribution in [3.05, 3.63) is 59.2 Å². The highest BCUT2D eigenvalue weighted by atomic mass is 32.1. The van der Waals surface area contributed by atoms with Crippen LogP contribution in [0.15, 0.2) is 42.5 Å². The first kappa shape index (κ1) is 21.0. The van der Waals surface area contributed by atoms with Crippen molar-refractivity contribution in [2.24, 2.45) is 0 Å². The predicted octanol–water partition coefficient (Wildman–Crippen LogP) is 4.21. The Balaban J connectivity index is 1.53. The van der Waals surface area contributed by atoms with Gasteiger partial charge in [0, 0.05) is 26.2 Å². The van der Waals surface area contributed by atoms with Gasteiger partial charge in [0.2, 0.25) is 5.91 Å². The van der Waals surface area contributed by atoms with Crippen molar-refractivity contribution in [2.45, 2.75) is 26.7 Å². The molecule has 3 aromatic rings. The first-order chi connectivity index (χ1) is 14.6. The van der Waals surface area contributed by atoms with E-state index in [9.17, 15) is 4.79 Å². The standard InChI is InChI=1S/C24H29N3O2S/c1-18-15-21-22(16-19(18)2)30-24(25-21)27(10-6-9-26-11-13-29-14-12-26)23(28)17-20-7-4-3-5-8-20/h3-5,7-8,15-16H,6,9-14,17H2,1-2H3. The highest BCUT2D eigenvalue weighted by Crippen LogP contribution is 2.31. The number of benzene rings is 2. The lowest BCUT2D eigenvalue weighted by molar-refractivity contribution is -0.118. The normalized spacial score (nSPS) is 14.9. The summed E-state index contributed by atoms with van der Waals surface area (Å²) >= 11 is 1.61. The van der Waals surface area contributed by atoms with Gasteiger partial charge in [0.05, 0.1) is 29.9 Å². The summed E-state index contributed by atoms with van der Waals surface area (Å²) in [5.74, 6) is 0.107. The number of hydrogen-bond donors (Lipinski definition) is 0. The molecule has 30 heavy (non-hydrogen) atoms. The third kappa shape index (κ3) is 5.06. The van der Waals surface area contributed by atoms with Crippen LogP contribution in [-0.4, -0.2) is 55.2 Å². The average Bonchev–Trinajstić information content (AvgIpc) is 3.15. The quantitative estimate of drug-likeness (QED) is 0.571. The van der Waals surface area contributed by atoms with Crippen LogP contribution >= 0.6 is 11.3 Å². The Morgan fingerprint density at radius 1 is 1.13 bits per heavy atom. The van der Waals surface area contributed by atoms with Crippen molar-refractivity contribution < 1.29 is 9.53 Å². The van der Waals surface area contributed by atoms with Gasteiger partial charge in [-0.3, -0.25) is 14.6 Å². The number of hydrogen-bond acceptors (Lipinski definition) is 5. The van der Waals surface area contributed by atoms with Gasteiger partial charge in [-0.1, -0.05) is 41.7 Å². The van der Waals surface area contributed by atoms with Crippen LogP contribution in [0.1, 0.15) is 23.1 Å². The molecule has 1 aliphatic rings. The number of anilines is 1. The third-order valence-electron chi connectivity index (χ3n) is 5.68. The molecule has 0 atom stereocenters. The molecule has 1 aliphatic heterocycles.